The summed E-state index contributed by atoms with van der Waals surface area (Å²) in [5.41, 5.74) is 0.783. The Morgan fingerprint density at radius 3 is 2.57 bits per heavy atom. The maximum absolute atomic E-state index is 12.3. The molecule has 2 atom stereocenters. The molecule has 6 heteroatoms. The minimum absolute atomic E-state index is 0. The quantitative estimate of drug-likeness (QED) is 0.889. The fourth-order valence-corrected chi connectivity index (χ4v) is 3.94. The van der Waals surface area contributed by atoms with Crippen molar-refractivity contribution in [1.82, 2.24) is 5.32 Å². The number of amides is 1. The number of halogens is 1. The van der Waals surface area contributed by atoms with Crippen LogP contribution in [0.5, 0.6) is 11.5 Å². The van der Waals surface area contributed by atoms with Crippen molar-refractivity contribution in [2.24, 2.45) is 5.92 Å². The smallest absolute Gasteiger partial charge is 0.224 e. The van der Waals surface area contributed by atoms with Crippen molar-refractivity contribution in [1.29, 1.82) is 0 Å². The Balaban J connectivity index is 0.00000156. The van der Waals surface area contributed by atoms with E-state index in [9.17, 15) is 4.79 Å². The summed E-state index contributed by atoms with van der Waals surface area (Å²) in [6.07, 6.45) is 5.41. The molecule has 3 aliphatic heterocycles. The SMILES string of the molecule is Cl.O=C(CC1CC2CCC(C1)N2)Nc1ccc2c(c1)OCCO2. The van der Waals surface area contributed by atoms with Gasteiger partial charge in [0.2, 0.25) is 5.91 Å². The van der Waals surface area contributed by atoms with Gasteiger partial charge in [-0.15, -0.1) is 12.4 Å². The molecular weight excluding hydrogens is 316 g/mol. The van der Waals surface area contributed by atoms with Crippen LogP contribution < -0.4 is 20.1 Å². The Kier molecular flexibility index (Phi) is 4.97. The van der Waals surface area contributed by atoms with Crippen LogP contribution in [0.4, 0.5) is 5.69 Å². The first-order valence-electron chi connectivity index (χ1n) is 8.22. The summed E-state index contributed by atoms with van der Waals surface area (Å²) in [4.78, 5) is 12.3. The van der Waals surface area contributed by atoms with Crippen molar-refractivity contribution in [2.45, 2.75) is 44.2 Å². The topological polar surface area (TPSA) is 59.6 Å². The second-order valence-corrected chi connectivity index (χ2v) is 6.59. The number of hydrogen-bond donors (Lipinski definition) is 2. The Labute approximate surface area is 142 Å². The van der Waals surface area contributed by atoms with E-state index < -0.39 is 0 Å². The van der Waals surface area contributed by atoms with Crippen molar-refractivity contribution >= 4 is 24.0 Å². The molecule has 0 saturated carbocycles. The lowest BCUT2D eigenvalue weighted by atomic mass is 9.89. The van der Waals surface area contributed by atoms with Gasteiger partial charge in [-0.1, -0.05) is 0 Å². The van der Waals surface area contributed by atoms with Gasteiger partial charge in [-0.05, 0) is 43.7 Å². The Bertz CT molecular complexity index is 569. The Morgan fingerprint density at radius 2 is 1.83 bits per heavy atom. The number of nitrogens with one attached hydrogen (secondary N) is 2. The molecule has 0 aliphatic carbocycles. The molecule has 5 nitrogen and oxygen atoms in total. The third-order valence-electron chi connectivity index (χ3n) is 4.87. The summed E-state index contributed by atoms with van der Waals surface area (Å²) in [6.45, 7) is 1.14. The van der Waals surface area contributed by atoms with Gasteiger partial charge in [0.05, 0.1) is 0 Å². The first-order chi connectivity index (χ1) is 10.8. The highest BCUT2D eigenvalue weighted by molar-refractivity contribution is 5.91. The minimum Gasteiger partial charge on any atom is -0.486 e. The van der Waals surface area contributed by atoms with Crippen LogP contribution in [0.2, 0.25) is 0 Å². The van der Waals surface area contributed by atoms with Crippen molar-refractivity contribution in [3.8, 4) is 11.5 Å². The molecule has 23 heavy (non-hydrogen) atoms. The number of carbonyl (C=O) groups excluding carboxylic acids is 1. The number of piperidine rings is 1. The molecule has 126 valence electrons. The van der Waals surface area contributed by atoms with E-state index in [1.807, 2.05) is 18.2 Å². The molecule has 1 aromatic rings. The van der Waals surface area contributed by atoms with Crippen LogP contribution in [0.15, 0.2) is 18.2 Å². The van der Waals surface area contributed by atoms with Gasteiger partial charge in [0.15, 0.2) is 11.5 Å². The molecular formula is C17H23ClN2O3. The van der Waals surface area contributed by atoms with Gasteiger partial charge in [0.25, 0.3) is 0 Å². The predicted octanol–water partition coefficient (Wildman–Crippen LogP) is 2.74. The predicted molar refractivity (Wildman–Crippen MR) is 90.6 cm³/mol. The summed E-state index contributed by atoms with van der Waals surface area (Å²) in [5.74, 6) is 2.07. The van der Waals surface area contributed by atoms with E-state index in [0.29, 0.717) is 43.4 Å². The molecule has 0 spiro atoms. The molecule has 1 aromatic carbocycles. The van der Waals surface area contributed by atoms with Crippen LogP contribution in [0.1, 0.15) is 32.1 Å². The molecule has 3 heterocycles. The van der Waals surface area contributed by atoms with Gasteiger partial charge in [-0.25, -0.2) is 0 Å². The third-order valence-corrected chi connectivity index (χ3v) is 4.87. The lowest BCUT2D eigenvalue weighted by Gasteiger charge is -2.28. The number of benzene rings is 1. The lowest BCUT2D eigenvalue weighted by molar-refractivity contribution is -0.117. The number of fused-ring (bicyclic) bond motifs is 3. The normalized spacial score (nSPS) is 27.9. The third kappa shape index (κ3) is 3.72. The highest BCUT2D eigenvalue weighted by Gasteiger charge is 2.34. The zero-order valence-electron chi connectivity index (χ0n) is 13.0. The van der Waals surface area contributed by atoms with Crippen molar-refractivity contribution in [2.75, 3.05) is 18.5 Å². The summed E-state index contributed by atoms with van der Waals surface area (Å²) < 4.78 is 11.0. The maximum atomic E-state index is 12.3. The molecule has 2 unspecified atom stereocenters. The second kappa shape index (κ2) is 6.97. The fraction of sp³-hybridized carbons (Fsp3) is 0.588. The molecule has 2 fully saturated rings. The first-order valence-corrected chi connectivity index (χ1v) is 8.22. The van der Waals surface area contributed by atoms with E-state index in [1.165, 1.54) is 12.8 Å². The largest absolute Gasteiger partial charge is 0.486 e. The van der Waals surface area contributed by atoms with Gasteiger partial charge >= 0.3 is 0 Å². The van der Waals surface area contributed by atoms with Crippen LogP contribution in [-0.2, 0) is 4.79 Å². The van der Waals surface area contributed by atoms with Crippen molar-refractivity contribution in [3.63, 3.8) is 0 Å². The van der Waals surface area contributed by atoms with E-state index in [0.717, 1.165) is 24.3 Å². The van der Waals surface area contributed by atoms with Crippen LogP contribution in [0.25, 0.3) is 0 Å². The van der Waals surface area contributed by atoms with Gasteiger partial charge in [0.1, 0.15) is 13.2 Å². The molecule has 3 aliphatic rings. The van der Waals surface area contributed by atoms with E-state index in [4.69, 9.17) is 9.47 Å². The van der Waals surface area contributed by atoms with Gasteiger partial charge < -0.3 is 20.1 Å². The average molecular weight is 339 g/mol. The fourth-order valence-electron chi connectivity index (χ4n) is 3.94. The molecule has 0 radical (unpaired) electrons. The van der Waals surface area contributed by atoms with E-state index in [2.05, 4.69) is 10.6 Å². The summed E-state index contributed by atoms with van der Waals surface area (Å²) in [7, 11) is 0. The summed E-state index contributed by atoms with van der Waals surface area (Å²) >= 11 is 0. The molecule has 2 saturated heterocycles. The zero-order valence-corrected chi connectivity index (χ0v) is 13.9. The van der Waals surface area contributed by atoms with Crippen LogP contribution in [-0.4, -0.2) is 31.2 Å². The Hall–Kier alpha value is -1.46. The number of rotatable bonds is 3. The number of hydrogen-bond acceptors (Lipinski definition) is 4. The summed E-state index contributed by atoms with van der Waals surface area (Å²) in [5, 5.41) is 6.61. The van der Waals surface area contributed by atoms with Crippen LogP contribution in [0, 0.1) is 5.92 Å². The van der Waals surface area contributed by atoms with E-state index >= 15 is 0 Å². The monoisotopic (exact) mass is 338 g/mol. The molecule has 2 N–H and O–H groups in total. The number of ether oxygens (including phenoxy) is 2. The molecule has 4 rings (SSSR count). The van der Waals surface area contributed by atoms with Crippen molar-refractivity contribution < 1.29 is 14.3 Å². The van der Waals surface area contributed by atoms with Gasteiger partial charge in [0, 0.05) is 30.3 Å². The zero-order chi connectivity index (χ0) is 14.9. The van der Waals surface area contributed by atoms with Gasteiger partial charge in [-0.2, -0.15) is 0 Å². The highest BCUT2D eigenvalue weighted by Crippen LogP contribution is 2.34. The van der Waals surface area contributed by atoms with E-state index in [-0.39, 0.29) is 18.3 Å². The molecule has 0 aromatic heterocycles. The van der Waals surface area contributed by atoms with Crippen molar-refractivity contribution in [3.05, 3.63) is 18.2 Å². The second-order valence-electron chi connectivity index (χ2n) is 6.59. The number of carbonyl (C=O) groups is 1. The standard InChI is InChI=1S/C17H22N2O3.ClH/c20-17(9-11-7-12-1-2-13(8-11)18-12)19-14-3-4-15-16(10-14)22-6-5-21-15;/h3-4,10-13,18H,1-2,5-9H2,(H,19,20);1H. The Morgan fingerprint density at radius 1 is 1.13 bits per heavy atom. The average Bonchev–Trinajstić information content (AvgIpc) is 2.86. The van der Waals surface area contributed by atoms with Gasteiger partial charge in [-0.3, -0.25) is 4.79 Å². The number of anilines is 1. The first kappa shape index (κ1) is 16.4. The van der Waals surface area contributed by atoms with E-state index in [1.54, 1.807) is 0 Å². The highest BCUT2D eigenvalue weighted by atomic mass is 35.5. The summed E-state index contributed by atoms with van der Waals surface area (Å²) in [6, 6.07) is 6.84. The molecule has 2 bridgehead atoms. The molecule has 1 amide bonds. The van der Waals surface area contributed by atoms with Crippen LogP contribution >= 0.6 is 12.4 Å². The van der Waals surface area contributed by atoms with Crippen LogP contribution in [0.3, 0.4) is 0 Å². The lowest BCUT2D eigenvalue weighted by Crippen LogP contribution is -2.39. The maximum Gasteiger partial charge on any atom is 0.224 e. The minimum atomic E-state index is 0.